The van der Waals surface area contributed by atoms with Gasteiger partial charge in [-0.3, -0.25) is 4.57 Å². The topological polar surface area (TPSA) is 90.4 Å². The van der Waals surface area contributed by atoms with Gasteiger partial charge in [-0.2, -0.15) is 0 Å². The third-order valence-electron chi connectivity index (χ3n) is 4.55. The zero-order valence-electron chi connectivity index (χ0n) is 17.5. The number of fused-ring (bicyclic) bond motifs is 1. The van der Waals surface area contributed by atoms with Gasteiger partial charge in [0.05, 0.1) is 33.3 Å². The first-order valence-corrected chi connectivity index (χ1v) is 11.2. The Bertz CT molecular complexity index is 1230. The van der Waals surface area contributed by atoms with Gasteiger partial charge in [-0.05, 0) is 55.3 Å². The van der Waals surface area contributed by atoms with Gasteiger partial charge >= 0.3 is 0 Å². The molecule has 1 aromatic carbocycles. The summed E-state index contributed by atoms with van der Waals surface area (Å²) in [5.41, 5.74) is 2.19. The summed E-state index contributed by atoms with van der Waals surface area (Å²) in [6, 6.07) is 3.44. The average molecular weight is 478 g/mol. The maximum atomic E-state index is 6.23. The molecule has 3 aromatic heterocycles. The summed E-state index contributed by atoms with van der Waals surface area (Å²) in [5.74, 6) is 1.54. The van der Waals surface area contributed by atoms with Gasteiger partial charge < -0.3 is 4.90 Å². The van der Waals surface area contributed by atoms with Crippen molar-refractivity contribution in [2.24, 2.45) is 0 Å². The van der Waals surface area contributed by atoms with Crippen LogP contribution < -0.4 is 0 Å². The van der Waals surface area contributed by atoms with Crippen molar-refractivity contribution in [3.8, 4) is 5.82 Å². The van der Waals surface area contributed by atoms with Crippen molar-refractivity contribution < 1.29 is 0 Å². The molecule has 0 fully saturated rings. The number of benzene rings is 1. The minimum atomic E-state index is 0.427. The Hall–Kier alpha value is -2.27. The Kier molecular flexibility index (Phi) is 6.42. The summed E-state index contributed by atoms with van der Waals surface area (Å²) in [4.78, 5) is 16.4. The van der Waals surface area contributed by atoms with Crippen LogP contribution in [-0.4, -0.2) is 65.3 Å². The quantitative estimate of drug-likeness (QED) is 0.397. The fourth-order valence-electron chi connectivity index (χ4n) is 3.02. The highest BCUT2D eigenvalue weighted by molar-refractivity contribution is 7.99. The van der Waals surface area contributed by atoms with Crippen molar-refractivity contribution in [3.05, 3.63) is 39.9 Å². The van der Waals surface area contributed by atoms with Crippen LogP contribution in [0.15, 0.2) is 28.5 Å². The van der Waals surface area contributed by atoms with Gasteiger partial charge in [0.25, 0.3) is 0 Å². The molecule has 0 radical (unpaired) electrons. The Morgan fingerprint density at radius 1 is 1.06 bits per heavy atom. The number of aromatic nitrogens is 8. The molecule has 3 heterocycles. The SMILES string of the molecule is CCc1nc(C)cn1-c1nc2cc(Cl)c(Cl)cc2nc1Sc1nnnn1CCN(C)C. The highest BCUT2D eigenvalue weighted by atomic mass is 35.5. The van der Waals surface area contributed by atoms with Crippen molar-refractivity contribution in [3.63, 3.8) is 0 Å². The molecule has 0 saturated carbocycles. The average Bonchev–Trinajstić information content (AvgIpc) is 3.33. The number of hydrogen-bond acceptors (Lipinski definition) is 8. The number of imidazole rings is 1. The Morgan fingerprint density at radius 2 is 1.77 bits per heavy atom. The largest absolute Gasteiger partial charge is 0.308 e. The molecule has 4 rings (SSSR count). The third kappa shape index (κ3) is 4.67. The first kappa shape index (κ1) is 21.9. The standard InChI is InChI=1S/C19H21Cl2N9S/c1-5-16-22-11(2)10-29(16)17-18(24-15-9-13(21)12(20)8-14(15)23-17)31-19-25-26-27-30(19)7-6-28(3)4/h8-10H,5-7H2,1-4H3. The van der Waals surface area contributed by atoms with E-state index in [9.17, 15) is 0 Å². The molecule has 162 valence electrons. The lowest BCUT2D eigenvalue weighted by molar-refractivity contribution is 0.361. The maximum Gasteiger partial charge on any atom is 0.215 e. The normalized spacial score (nSPS) is 11.7. The Morgan fingerprint density at radius 3 is 2.45 bits per heavy atom. The van der Waals surface area contributed by atoms with Crippen LogP contribution in [0.1, 0.15) is 18.4 Å². The molecule has 0 aliphatic carbocycles. The second-order valence-corrected chi connectivity index (χ2v) is 8.99. The molecule has 0 amide bonds. The van der Waals surface area contributed by atoms with E-state index in [1.807, 2.05) is 31.8 Å². The first-order chi connectivity index (χ1) is 14.9. The number of likely N-dealkylation sites (N-methyl/N-ethyl adjacent to an activating group) is 1. The van der Waals surface area contributed by atoms with Crippen LogP contribution in [0.5, 0.6) is 0 Å². The van der Waals surface area contributed by atoms with Crippen LogP contribution >= 0.6 is 35.0 Å². The molecule has 4 aromatic rings. The van der Waals surface area contributed by atoms with Crippen molar-refractivity contribution in [2.75, 3.05) is 20.6 Å². The number of hydrogen-bond donors (Lipinski definition) is 0. The Labute approximate surface area is 193 Å². The lowest BCUT2D eigenvalue weighted by Gasteiger charge is -2.13. The zero-order chi connectivity index (χ0) is 22.1. The van der Waals surface area contributed by atoms with E-state index in [4.69, 9.17) is 33.2 Å². The number of aryl methyl sites for hydroxylation is 2. The van der Waals surface area contributed by atoms with Gasteiger partial charge in [0.2, 0.25) is 5.16 Å². The van der Waals surface area contributed by atoms with E-state index in [0.29, 0.717) is 43.6 Å². The fourth-order valence-corrected chi connectivity index (χ4v) is 4.20. The molecule has 0 spiro atoms. The first-order valence-electron chi connectivity index (χ1n) is 9.66. The summed E-state index contributed by atoms with van der Waals surface area (Å²) < 4.78 is 3.72. The van der Waals surface area contributed by atoms with E-state index >= 15 is 0 Å². The summed E-state index contributed by atoms with van der Waals surface area (Å²) in [7, 11) is 4.01. The van der Waals surface area contributed by atoms with E-state index < -0.39 is 0 Å². The van der Waals surface area contributed by atoms with Crippen LogP contribution in [0, 0.1) is 6.92 Å². The molecule has 31 heavy (non-hydrogen) atoms. The molecular formula is C19H21Cl2N9S. The lowest BCUT2D eigenvalue weighted by Crippen LogP contribution is -2.19. The molecule has 0 unspecified atom stereocenters. The highest BCUT2D eigenvalue weighted by Crippen LogP contribution is 2.33. The maximum absolute atomic E-state index is 6.23. The molecule has 0 bridgehead atoms. The zero-order valence-corrected chi connectivity index (χ0v) is 19.9. The van der Waals surface area contributed by atoms with Gasteiger partial charge in [-0.15, -0.1) is 5.10 Å². The van der Waals surface area contributed by atoms with Crippen molar-refractivity contribution in [1.29, 1.82) is 0 Å². The number of nitrogens with zero attached hydrogens (tertiary/aromatic N) is 9. The van der Waals surface area contributed by atoms with E-state index in [1.54, 1.807) is 16.8 Å². The van der Waals surface area contributed by atoms with E-state index in [2.05, 4.69) is 32.3 Å². The molecule has 0 saturated heterocycles. The van der Waals surface area contributed by atoms with E-state index in [-0.39, 0.29) is 0 Å². The van der Waals surface area contributed by atoms with Crippen molar-refractivity contribution in [1.82, 2.24) is 44.6 Å². The summed E-state index contributed by atoms with van der Waals surface area (Å²) >= 11 is 13.8. The predicted octanol–water partition coefficient (Wildman–Crippen LogP) is 3.69. The number of halogens is 2. The highest BCUT2D eigenvalue weighted by Gasteiger charge is 2.19. The van der Waals surface area contributed by atoms with Crippen LogP contribution in [0.4, 0.5) is 0 Å². The molecule has 9 nitrogen and oxygen atoms in total. The van der Waals surface area contributed by atoms with Crippen LogP contribution in [-0.2, 0) is 13.0 Å². The van der Waals surface area contributed by atoms with Crippen molar-refractivity contribution >= 4 is 46.0 Å². The smallest absolute Gasteiger partial charge is 0.215 e. The molecular weight excluding hydrogens is 457 g/mol. The molecule has 0 aliphatic heterocycles. The van der Waals surface area contributed by atoms with Gasteiger partial charge in [0, 0.05) is 19.2 Å². The second-order valence-electron chi connectivity index (χ2n) is 7.22. The minimum absolute atomic E-state index is 0.427. The molecule has 0 atom stereocenters. The third-order valence-corrected chi connectivity index (χ3v) is 6.21. The van der Waals surface area contributed by atoms with E-state index in [0.717, 1.165) is 24.5 Å². The monoisotopic (exact) mass is 477 g/mol. The lowest BCUT2D eigenvalue weighted by atomic mass is 10.3. The van der Waals surface area contributed by atoms with Gasteiger partial charge in [0.15, 0.2) is 5.82 Å². The summed E-state index contributed by atoms with van der Waals surface area (Å²) in [5, 5.41) is 14.3. The molecule has 0 aliphatic rings. The van der Waals surface area contributed by atoms with Crippen LogP contribution in [0.25, 0.3) is 16.9 Å². The minimum Gasteiger partial charge on any atom is -0.308 e. The van der Waals surface area contributed by atoms with E-state index in [1.165, 1.54) is 11.8 Å². The van der Waals surface area contributed by atoms with Gasteiger partial charge in [-0.1, -0.05) is 30.1 Å². The summed E-state index contributed by atoms with van der Waals surface area (Å²) in [6.07, 6.45) is 2.70. The number of tetrazole rings is 1. The summed E-state index contributed by atoms with van der Waals surface area (Å²) in [6.45, 7) is 5.47. The predicted molar refractivity (Wildman–Crippen MR) is 121 cm³/mol. The second kappa shape index (κ2) is 9.07. The number of rotatable bonds is 7. The molecule has 0 N–H and O–H groups in total. The van der Waals surface area contributed by atoms with Crippen LogP contribution in [0.3, 0.4) is 0 Å². The Balaban J connectivity index is 1.85. The van der Waals surface area contributed by atoms with Crippen molar-refractivity contribution in [2.45, 2.75) is 37.0 Å². The fraction of sp³-hybridized carbons (Fsp3) is 0.368. The van der Waals surface area contributed by atoms with Gasteiger partial charge in [-0.25, -0.2) is 19.6 Å². The van der Waals surface area contributed by atoms with Crippen LogP contribution in [0.2, 0.25) is 10.0 Å². The van der Waals surface area contributed by atoms with Gasteiger partial charge in [0.1, 0.15) is 10.9 Å². The molecule has 12 heteroatoms.